The first-order chi connectivity index (χ1) is 16.3. The van der Waals surface area contributed by atoms with Crippen molar-refractivity contribution in [2.24, 2.45) is 0 Å². The van der Waals surface area contributed by atoms with E-state index in [0.717, 1.165) is 16.0 Å². The second kappa shape index (κ2) is 12.3. The van der Waals surface area contributed by atoms with E-state index in [1.54, 1.807) is 40.5 Å². The molecule has 0 unspecified atom stereocenters. The van der Waals surface area contributed by atoms with Gasteiger partial charge in [-0.05, 0) is 59.8 Å². The van der Waals surface area contributed by atoms with Gasteiger partial charge >= 0.3 is 0 Å². The summed E-state index contributed by atoms with van der Waals surface area (Å²) in [7, 11) is 1.53. The molecule has 0 bridgehead atoms. The summed E-state index contributed by atoms with van der Waals surface area (Å²) in [5.41, 5.74) is 2.21. The molecule has 0 saturated carbocycles. The number of thiophene rings is 1. The molecule has 0 aliphatic rings. The highest BCUT2D eigenvalue weighted by Gasteiger charge is 2.24. The van der Waals surface area contributed by atoms with Gasteiger partial charge in [0.15, 0.2) is 0 Å². The average Bonchev–Trinajstić information content (AvgIpc) is 3.23. The number of benzene rings is 2. The van der Waals surface area contributed by atoms with Crippen molar-refractivity contribution in [1.82, 2.24) is 9.80 Å². The van der Waals surface area contributed by atoms with Gasteiger partial charge in [0, 0.05) is 30.6 Å². The number of rotatable bonds is 10. The molecule has 0 spiro atoms. The van der Waals surface area contributed by atoms with Gasteiger partial charge in [0.25, 0.3) is 5.91 Å². The Hall–Kier alpha value is -2.45. The van der Waals surface area contributed by atoms with Crippen LogP contribution in [0.4, 0.5) is 4.39 Å². The number of ether oxygens (including phenoxy) is 1. The van der Waals surface area contributed by atoms with E-state index in [2.05, 4.69) is 0 Å². The topological polar surface area (TPSA) is 49.9 Å². The van der Waals surface area contributed by atoms with Crippen LogP contribution in [0, 0.1) is 12.7 Å². The zero-order valence-corrected chi connectivity index (χ0v) is 21.2. The SMILES string of the molecule is COCCN(CC(=O)N(Cc1ccc(F)cc1)Cc1sccc1C)C(=O)c1ccc(Cl)c(Cl)c1. The predicted octanol–water partition coefficient (Wildman–Crippen LogP) is 5.82. The van der Waals surface area contributed by atoms with Gasteiger partial charge in [-0.15, -0.1) is 11.3 Å². The molecule has 0 saturated heterocycles. The number of hydrogen-bond donors (Lipinski definition) is 0. The van der Waals surface area contributed by atoms with Gasteiger partial charge in [0.2, 0.25) is 5.91 Å². The molecular formula is C25H25Cl2FN2O3S. The molecule has 34 heavy (non-hydrogen) atoms. The lowest BCUT2D eigenvalue weighted by Crippen LogP contribution is -2.43. The lowest BCUT2D eigenvalue weighted by molar-refractivity contribution is -0.133. The molecule has 3 rings (SSSR count). The average molecular weight is 523 g/mol. The zero-order chi connectivity index (χ0) is 24.7. The van der Waals surface area contributed by atoms with Crippen LogP contribution in [-0.2, 0) is 22.6 Å². The fourth-order valence-electron chi connectivity index (χ4n) is 3.31. The van der Waals surface area contributed by atoms with Crippen molar-refractivity contribution in [2.75, 3.05) is 26.8 Å². The molecule has 0 aliphatic heterocycles. The van der Waals surface area contributed by atoms with Crippen molar-refractivity contribution in [3.8, 4) is 0 Å². The van der Waals surface area contributed by atoms with Crippen LogP contribution in [0.3, 0.4) is 0 Å². The fourth-order valence-corrected chi connectivity index (χ4v) is 4.53. The van der Waals surface area contributed by atoms with Crippen LogP contribution in [0.1, 0.15) is 26.4 Å². The number of carbonyl (C=O) groups excluding carboxylic acids is 2. The largest absolute Gasteiger partial charge is 0.383 e. The molecule has 0 fully saturated rings. The summed E-state index contributed by atoms with van der Waals surface area (Å²) in [6, 6.07) is 12.7. The molecular weight excluding hydrogens is 498 g/mol. The molecule has 3 aromatic rings. The van der Waals surface area contributed by atoms with Crippen molar-refractivity contribution < 1.29 is 18.7 Å². The first-order valence-electron chi connectivity index (χ1n) is 10.6. The van der Waals surface area contributed by atoms with E-state index in [0.29, 0.717) is 17.1 Å². The van der Waals surface area contributed by atoms with Crippen molar-refractivity contribution in [3.05, 3.63) is 91.3 Å². The molecule has 0 aliphatic carbocycles. The Morgan fingerprint density at radius 2 is 1.74 bits per heavy atom. The molecule has 0 radical (unpaired) electrons. The smallest absolute Gasteiger partial charge is 0.254 e. The Balaban J connectivity index is 1.83. The normalized spacial score (nSPS) is 10.9. The van der Waals surface area contributed by atoms with Crippen LogP contribution in [0.25, 0.3) is 0 Å². The van der Waals surface area contributed by atoms with E-state index >= 15 is 0 Å². The summed E-state index contributed by atoms with van der Waals surface area (Å²) < 4.78 is 18.5. The second-order valence-electron chi connectivity index (χ2n) is 7.75. The van der Waals surface area contributed by atoms with Gasteiger partial charge in [0.1, 0.15) is 12.4 Å². The zero-order valence-electron chi connectivity index (χ0n) is 18.9. The van der Waals surface area contributed by atoms with Crippen molar-refractivity contribution >= 4 is 46.4 Å². The summed E-state index contributed by atoms with van der Waals surface area (Å²) in [5, 5.41) is 2.58. The number of carbonyl (C=O) groups is 2. The van der Waals surface area contributed by atoms with Gasteiger partial charge in [-0.1, -0.05) is 35.3 Å². The van der Waals surface area contributed by atoms with Gasteiger partial charge in [-0.3, -0.25) is 9.59 Å². The van der Waals surface area contributed by atoms with Gasteiger partial charge < -0.3 is 14.5 Å². The third-order valence-electron chi connectivity index (χ3n) is 5.29. The van der Waals surface area contributed by atoms with Crippen molar-refractivity contribution in [2.45, 2.75) is 20.0 Å². The lowest BCUT2D eigenvalue weighted by atomic mass is 10.1. The number of amides is 2. The van der Waals surface area contributed by atoms with Crippen molar-refractivity contribution in [3.63, 3.8) is 0 Å². The van der Waals surface area contributed by atoms with Crippen LogP contribution in [-0.4, -0.2) is 48.4 Å². The van der Waals surface area contributed by atoms with Crippen LogP contribution in [0.2, 0.25) is 10.0 Å². The Kier molecular flexibility index (Phi) is 9.47. The Morgan fingerprint density at radius 1 is 1.00 bits per heavy atom. The minimum Gasteiger partial charge on any atom is -0.383 e. The summed E-state index contributed by atoms with van der Waals surface area (Å²) in [6.07, 6.45) is 0. The molecule has 0 atom stereocenters. The Bertz CT molecular complexity index is 1140. The Labute approximate surface area is 212 Å². The number of methoxy groups -OCH3 is 1. The number of aryl methyl sites for hydroxylation is 1. The van der Waals surface area contributed by atoms with Gasteiger partial charge in [-0.2, -0.15) is 0 Å². The highest BCUT2D eigenvalue weighted by atomic mass is 35.5. The van der Waals surface area contributed by atoms with Gasteiger partial charge in [0.05, 0.1) is 23.2 Å². The standard InChI is InChI=1S/C25H25Cl2FN2O3S/c1-17-9-12-34-23(17)15-30(14-18-3-6-20(28)7-4-18)24(31)16-29(10-11-33-2)25(32)19-5-8-21(26)22(27)13-19/h3-9,12-13H,10-11,14-16H2,1-2H3. The van der Waals surface area contributed by atoms with E-state index in [4.69, 9.17) is 27.9 Å². The molecule has 2 amide bonds. The molecule has 0 N–H and O–H groups in total. The number of nitrogens with zero attached hydrogens (tertiary/aromatic N) is 2. The summed E-state index contributed by atoms with van der Waals surface area (Å²) in [5.74, 6) is -0.923. The lowest BCUT2D eigenvalue weighted by Gasteiger charge is -2.28. The first kappa shape index (κ1) is 26.2. The molecule has 5 nitrogen and oxygen atoms in total. The van der Waals surface area contributed by atoms with E-state index in [9.17, 15) is 14.0 Å². The number of halogens is 3. The molecule has 2 aromatic carbocycles. The van der Waals surface area contributed by atoms with E-state index in [-0.39, 0.29) is 48.9 Å². The maximum atomic E-state index is 13.5. The maximum Gasteiger partial charge on any atom is 0.254 e. The predicted molar refractivity (Wildman–Crippen MR) is 134 cm³/mol. The molecule has 9 heteroatoms. The number of hydrogen-bond acceptors (Lipinski definition) is 4. The van der Waals surface area contributed by atoms with E-state index in [1.165, 1.54) is 30.2 Å². The Morgan fingerprint density at radius 3 is 2.35 bits per heavy atom. The van der Waals surface area contributed by atoms with Crippen LogP contribution in [0.5, 0.6) is 0 Å². The summed E-state index contributed by atoms with van der Waals surface area (Å²) in [4.78, 5) is 30.8. The van der Waals surface area contributed by atoms with E-state index in [1.807, 2.05) is 18.4 Å². The highest BCUT2D eigenvalue weighted by molar-refractivity contribution is 7.10. The molecule has 1 aromatic heterocycles. The minimum atomic E-state index is -0.349. The summed E-state index contributed by atoms with van der Waals surface area (Å²) in [6.45, 7) is 3.01. The summed E-state index contributed by atoms with van der Waals surface area (Å²) >= 11 is 13.6. The van der Waals surface area contributed by atoms with Crippen LogP contribution >= 0.6 is 34.5 Å². The second-order valence-corrected chi connectivity index (χ2v) is 9.57. The quantitative estimate of drug-likeness (QED) is 0.337. The van der Waals surface area contributed by atoms with Gasteiger partial charge in [-0.25, -0.2) is 4.39 Å². The van der Waals surface area contributed by atoms with Crippen molar-refractivity contribution in [1.29, 1.82) is 0 Å². The molecule has 180 valence electrons. The first-order valence-corrected chi connectivity index (χ1v) is 12.2. The van der Waals surface area contributed by atoms with E-state index < -0.39 is 0 Å². The molecule has 1 heterocycles. The maximum absolute atomic E-state index is 13.5. The minimum absolute atomic E-state index is 0.145. The van der Waals surface area contributed by atoms with Crippen LogP contribution < -0.4 is 0 Å². The fraction of sp³-hybridized carbons (Fsp3) is 0.280. The third kappa shape index (κ3) is 7.03. The van der Waals surface area contributed by atoms with Crippen LogP contribution in [0.15, 0.2) is 53.9 Å². The highest BCUT2D eigenvalue weighted by Crippen LogP contribution is 2.24. The third-order valence-corrected chi connectivity index (χ3v) is 7.03. The monoisotopic (exact) mass is 522 g/mol.